The van der Waals surface area contributed by atoms with Gasteiger partial charge < -0.3 is 4.74 Å². The highest BCUT2D eigenvalue weighted by Crippen LogP contribution is 2.15. The van der Waals surface area contributed by atoms with E-state index in [1.807, 2.05) is 31.2 Å². The van der Waals surface area contributed by atoms with E-state index in [2.05, 4.69) is 0 Å². The summed E-state index contributed by atoms with van der Waals surface area (Å²) in [4.78, 5) is 0. The van der Waals surface area contributed by atoms with E-state index in [-0.39, 0.29) is 6.51 Å². The average molecular weight is 132 g/mol. The highest BCUT2D eigenvalue weighted by Gasteiger charge is 1.92. The van der Waals surface area contributed by atoms with Gasteiger partial charge in [-0.15, -0.1) is 0 Å². The lowest BCUT2D eigenvalue weighted by Crippen LogP contribution is -1.96. The molecule has 0 aliphatic heterocycles. The van der Waals surface area contributed by atoms with E-state index in [4.69, 9.17) is 12.6 Å². The fourth-order valence-corrected chi connectivity index (χ4v) is 0.808. The first-order valence-corrected chi connectivity index (χ1v) is 3.23. The zero-order valence-electron chi connectivity index (χ0n) is 6.00. The van der Waals surface area contributed by atoms with Gasteiger partial charge in [0.1, 0.15) is 13.6 Å². The summed E-state index contributed by atoms with van der Waals surface area (Å²) in [6.45, 7) is 2.23. The van der Waals surface area contributed by atoms with Crippen molar-refractivity contribution in [1.29, 1.82) is 0 Å². The molecule has 0 bridgehead atoms. The van der Waals surface area contributed by atoms with Crippen LogP contribution in [0.3, 0.4) is 0 Å². The Morgan fingerprint density at radius 2 is 2.10 bits per heavy atom. The third-order valence-corrected chi connectivity index (χ3v) is 1.33. The Labute approximate surface area is 62.4 Å². The average Bonchev–Trinajstić information content (AvgIpc) is 1.94. The first-order valence-electron chi connectivity index (χ1n) is 3.23. The van der Waals surface area contributed by atoms with Crippen LogP contribution >= 0.6 is 0 Å². The SMILES string of the molecule is [B]COc1ccccc1C. The predicted molar refractivity (Wildman–Crippen MR) is 42.4 cm³/mol. The predicted octanol–water partition coefficient (Wildman–Crippen LogP) is 1.50. The van der Waals surface area contributed by atoms with Crippen molar-refractivity contribution in [2.24, 2.45) is 0 Å². The molecule has 0 amide bonds. The molecule has 1 aromatic carbocycles. The molecule has 2 heteroatoms. The molecule has 10 heavy (non-hydrogen) atoms. The Morgan fingerprint density at radius 3 is 2.70 bits per heavy atom. The molecule has 0 saturated carbocycles. The molecule has 1 nitrogen and oxygen atoms in total. The van der Waals surface area contributed by atoms with Gasteiger partial charge in [0.25, 0.3) is 0 Å². The summed E-state index contributed by atoms with van der Waals surface area (Å²) in [5.74, 6) is 0.866. The second kappa shape index (κ2) is 3.30. The quantitative estimate of drug-likeness (QED) is 0.554. The van der Waals surface area contributed by atoms with Crippen molar-refractivity contribution in [3.63, 3.8) is 0 Å². The molecule has 2 radical (unpaired) electrons. The molecule has 0 aliphatic carbocycles. The monoisotopic (exact) mass is 132 g/mol. The summed E-state index contributed by atoms with van der Waals surface area (Å²) in [6.07, 6.45) is 0. The van der Waals surface area contributed by atoms with Gasteiger partial charge in [0.05, 0.1) is 0 Å². The molecular weight excluding hydrogens is 123 g/mol. The molecule has 0 N–H and O–H groups in total. The molecule has 0 spiro atoms. The van der Waals surface area contributed by atoms with Crippen molar-refractivity contribution in [3.8, 4) is 5.75 Å². The molecule has 0 heterocycles. The van der Waals surface area contributed by atoms with Crippen molar-refractivity contribution in [2.45, 2.75) is 6.92 Å². The summed E-state index contributed by atoms with van der Waals surface area (Å²) < 4.78 is 5.11. The molecule has 0 aliphatic rings. The van der Waals surface area contributed by atoms with Crippen molar-refractivity contribution < 1.29 is 4.74 Å². The van der Waals surface area contributed by atoms with E-state index in [0.29, 0.717) is 0 Å². The molecule has 1 rings (SSSR count). The molecular formula is C8H9BO. The van der Waals surface area contributed by atoms with Gasteiger partial charge in [0.2, 0.25) is 0 Å². The van der Waals surface area contributed by atoms with Crippen LogP contribution in [0.2, 0.25) is 0 Å². The van der Waals surface area contributed by atoms with Gasteiger partial charge in [-0.3, -0.25) is 0 Å². The Balaban J connectivity index is 2.81. The standard InChI is InChI=1S/C8H9BO/c1-7-4-2-3-5-8(7)10-6-9/h2-5H,6H2,1H3. The lowest BCUT2D eigenvalue weighted by Gasteiger charge is -2.04. The lowest BCUT2D eigenvalue weighted by atomic mass is 10.2. The van der Waals surface area contributed by atoms with Crippen molar-refractivity contribution in [3.05, 3.63) is 29.8 Å². The van der Waals surface area contributed by atoms with Crippen molar-refractivity contribution in [2.75, 3.05) is 6.51 Å². The van der Waals surface area contributed by atoms with Crippen molar-refractivity contribution in [1.82, 2.24) is 0 Å². The van der Waals surface area contributed by atoms with E-state index < -0.39 is 0 Å². The van der Waals surface area contributed by atoms with Gasteiger partial charge in [0, 0.05) is 6.51 Å². The largest absolute Gasteiger partial charge is 0.503 e. The number of rotatable bonds is 2. The maximum absolute atomic E-state index is 5.21. The minimum Gasteiger partial charge on any atom is -0.503 e. The fraction of sp³-hybridized carbons (Fsp3) is 0.250. The van der Waals surface area contributed by atoms with Gasteiger partial charge in [-0.25, -0.2) is 0 Å². The third-order valence-electron chi connectivity index (χ3n) is 1.33. The fourth-order valence-electron chi connectivity index (χ4n) is 0.808. The zero-order valence-corrected chi connectivity index (χ0v) is 6.00. The summed E-state index contributed by atoms with van der Waals surface area (Å²) >= 11 is 0. The van der Waals surface area contributed by atoms with E-state index >= 15 is 0 Å². The first kappa shape index (κ1) is 7.20. The van der Waals surface area contributed by atoms with Crippen LogP contribution in [-0.4, -0.2) is 14.4 Å². The second-order valence-electron chi connectivity index (χ2n) is 2.08. The van der Waals surface area contributed by atoms with Gasteiger partial charge in [-0.1, -0.05) is 18.2 Å². The number of ether oxygens (including phenoxy) is 1. The minimum absolute atomic E-state index is 0.241. The number of para-hydroxylation sites is 1. The van der Waals surface area contributed by atoms with Crippen LogP contribution in [0.1, 0.15) is 5.56 Å². The molecule has 0 unspecified atom stereocenters. The maximum atomic E-state index is 5.21. The van der Waals surface area contributed by atoms with Gasteiger partial charge >= 0.3 is 0 Å². The van der Waals surface area contributed by atoms with Crippen LogP contribution in [0.4, 0.5) is 0 Å². The highest BCUT2D eigenvalue weighted by atomic mass is 16.5. The Bertz CT molecular complexity index is 210. The Morgan fingerprint density at radius 1 is 1.40 bits per heavy atom. The van der Waals surface area contributed by atoms with Crippen LogP contribution in [0, 0.1) is 6.92 Å². The summed E-state index contributed by atoms with van der Waals surface area (Å²) in [5.41, 5.74) is 1.12. The molecule has 0 atom stereocenters. The Hall–Kier alpha value is -0.915. The number of hydrogen-bond donors (Lipinski definition) is 0. The van der Waals surface area contributed by atoms with Gasteiger partial charge in [-0.05, 0) is 18.6 Å². The summed E-state index contributed by atoms with van der Waals surface area (Å²) in [7, 11) is 5.21. The number of benzene rings is 1. The maximum Gasteiger partial charge on any atom is 0.122 e. The zero-order chi connectivity index (χ0) is 7.40. The van der Waals surface area contributed by atoms with Crippen LogP contribution in [0.15, 0.2) is 24.3 Å². The Kier molecular flexibility index (Phi) is 2.38. The minimum atomic E-state index is 0.241. The first-order chi connectivity index (χ1) is 4.84. The van der Waals surface area contributed by atoms with E-state index in [0.717, 1.165) is 11.3 Å². The van der Waals surface area contributed by atoms with E-state index in [1.165, 1.54) is 0 Å². The molecule has 0 saturated heterocycles. The smallest absolute Gasteiger partial charge is 0.122 e. The van der Waals surface area contributed by atoms with Crippen molar-refractivity contribution >= 4 is 7.85 Å². The highest BCUT2D eigenvalue weighted by molar-refractivity contribution is 6.08. The molecule has 50 valence electrons. The lowest BCUT2D eigenvalue weighted by molar-refractivity contribution is 0.384. The molecule has 0 aromatic heterocycles. The topological polar surface area (TPSA) is 9.23 Å². The van der Waals surface area contributed by atoms with Gasteiger partial charge in [-0.2, -0.15) is 0 Å². The number of aryl methyl sites for hydroxylation is 1. The van der Waals surface area contributed by atoms with Crippen LogP contribution in [0.25, 0.3) is 0 Å². The second-order valence-corrected chi connectivity index (χ2v) is 2.08. The molecule has 0 fully saturated rings. The van der Waals surface area contributed by atoms with Crippen LogP contribution in [0.5, 0.6) is 5.75 Å². The molecule has 1 aromatic rings. The number of hydrogen-bond acceptors (Lipinski definition) is 1. The van der Waals surface area contributed by atoms with E-state index in [9.17, 15) is 0 Å². The van der Waals surface area contributed by atoms with E-state index in [1.54, 1.807) is 0 Å². The third kappa shape index (κ3) is 1.53. The summed E-state index contributed by atoms with van der Waals surface area (Å²) in [6, 6.07) is 7.80. The van der Waals surface area contributed by atoms with Gasteiger partial charge in [0.15, 0.2) is 0 Å². The van der Waals surface area contributed by atoms with Crippen LogP contribution < -0.4 is 4.74 Å². The normalized spacial score (nSPS) is 9.30. The van der Waals surface area contributed by atoms with Crippen LogP contribution in [-0.2, 0) is 0 Å². The summed E-state index contributed by atoms with van der Waals surface area (Å²) in [5, 5.41) is 0.